The second kappa shape index (κ2) is 6.81. The molecule has 1 aliphatic rings. The molecule has 2 atom stereocenters. The zero-order chi connectivity index (χ0) is 14.5. The second-order valence-corrected chi connectivity index (χ2v) is 5.81. The molecule has 0 spiro atoms. The lowest BCUT2D eigenvalue weighted by molar-refractivity contribution is 0.425. The van der Waals surface area contributed by atoms with Crippen molar-refractivity contribution in [1.29, 1.82) is 0 Å². The Labute approximate surface area is 126 Å². The van der Waals surface area contributed by atoms with Crippen molar-refractivity contribution in [3.05, 3.63) is 59.4 Å². The van der Waals surface area contributed by atoms with E-state index < -0.39 is 0 Å². The maximum Gasteiger partial charge on any atom is 0.0544 e. The van der Waals surface area contributed by atoms with Crippen LogP contribution in [0.4, 0.5) is 0 Å². The predicted molar refractivity (Wildman–Crippen MR) is 85.2 cm³/mol. The Hall–Kier alpha value is -1.74. The number of aromatic nitrogens is 2. The molecule has 0 aliphatic heterocycles. The molecule has 0 amide bonds. The molecule has 21 heavy (non-hydrogen) atoms. The smallest absolute Gasteiger partial charge is 0.0544 e. The van der Waals surface area contributed by atoms with Crippen molar-refractivity contribution in [1.82, 2.24) is 15.5 Å². The van der Waals surface area contributed by atoms with Crippen molar-refractivity contribution in [2.24, 2.45) is 0 Å². The number of aryl methyl sites for hydroxylation is 1. The third-order valence-electron chi connectivity index (χ3n) is 4.47. The molecule has 3 heteroatoms. The lowest BCUT2D eigenvalue weighted by Crippen LogP contribution is -2.24. The largest absolute Gasteiger partial charge is 0.310 e. The molecule has 2 unspecified atom stereocenters. The van der Waals surface area contributed by atoms with Gasteiger partial charge in [0.25, 0.3) is 0 Å². The highest BCUT2D eigenvalue weighted by molar-refractivity contribution is 5.33. The van der Waals surface area contributed by atoms with Crippen molar-refractivity contribution in [2.45, 2.75) is 44.6 Å². The third kappa shape index (κ3) is 3.30. The molecule has 0 fully saturated rings. The van der Waals surface area contributed by atoms with E-state index in [-0.39, 0.29) is 0 Å². The van der Waals surface area contributed by atoms with Gasteiger partial charge in [-0.3, -0.25) is 0 Å². The molecule has 2 aromatic rings. The van der Waals surface area contributed by atoms with Gasteiger partial charge >= 0.3 is 0 Å². The summed E-state index contributed by atoms with van der Waals surface area (Å²) < 4.78 is 0. The topological polar surface area (TPSA) is 37.8 Å². The maximum absolute atomic E-state index is 4.04. The lowest BCUT2D eigenvalue weighted by atomic mass is 9.79. The standard InChI is InChI=1S/C18H23N3/c1-2-19-18(16-10-11-20-21-13-16)12-15-8-5-7-14-6-3-4-9-17(14)15/h3-4,6,9-11,13,15,18-19H,2,5,7-8,12H2,1H3. The van der Waals surface area contributed by atoms with Gasteiger partial charge in [0, 0.05) is 12.2 Å². The molecular weight excluding hydrogens is 258 g/mol. The molecule has 1 heterocycles. The highest BCUT2D eigenvalue weighted by Crippen LogP contribution is 2.37. The van der Waals surface area contributed by atoms with E-state index in [4.69, 9.17) is 0 Å². The van der Waals surface area contributed by atoms with Crippen LogP contribution in [0.25, 0.3) is 0 Å². The van der Waals surface area contributed by atoms with Crippen LogP contribution >= 0.6 is 0 Å². The molecule has 3 rings (SSSR count). The van der Waals surface area contributed by atoms with Crippen LogP contribution in [0.15, 0.2) is 42.7 Å². The van der Waals surface area contributed by atoms with E-state index in [1.807, 2.05) is 6.20 Å². The van der Waals surface area contributed by atoms with Gasteiger partial charge < -0.3 is 5.32 Å². The van der Waals surface area contributed by atoms with E-state index in [0.717, 1.165) is 13.0 Å². The molecule has 1 aromatic carbocycles. The van der Waals surface area contributed by atoms with Gasteiger partial charge in [0.1, 0.15) is 0 Å². The number of nitrogens with zero attached hydrogens (tertiary/aromatic N) is 2. The minimum absolute atomic E-state index is 0.363. The van der Waals surface area contributed by atoms with Crippen LogP contribution in [-0.4, -0.2) is 16.7 Å². The first-order valence-electron chi connectivity index (χ1n) is 7.96. The van der Waals surface area contributed by atoms with E-state index in [2.05, 4.69) is 52.8 Å². The number of hydrogen-bond donors (Lipinski definition) is 1. The fourth-order valence-electron chi connectivity index (χ4n) is 3.47. The molecular formula is C18H23N3. The first kappa shape index (κ1) is 14.2. The Bertz CT molecular complexity index is 568. The quantitative estimate of drug-likeness (QED) is 0.909. The number of rotatable bonds is 5. The van der Waals surface area contributed by atoms with E-state index in [0.29, 0.717) is 12.0 Å². The van der Waals surface area contributed by atoms with Gasteiger partial charge in [-0.15, -0.1) is 0 Å². The van der Waals surface area contributed by atoms with E-state index in [1.165, 1.54) is 30.4 Å². The Balaban J connectivity index is 1.81. The summed E-state index contributed by atoms with van der Waals surface area (Å²) in [6.45, 7) is 3.14. The monoisotopic (exact) mass is 281 g/mol. The Kier molecular flexibility index (Phi) is 4.61. The predicted octanol–water partition coefficient (Wildman–Crippen LogP) is 3.64. The SMILES string of the molecule is CCNC(CC1CCCc2ccccc21)c1ccnnc1. The number of nitrogens with one attached hydrogen (secondary N) is 1. The zero-order valence-electron chi connectivity index (χ0n) is 12.6. The van der Waals surface area contributed by atoms with Crippen molar-refractivity contribution in [3.8, 4) is 0 Å². The van der Waals surface area contributed by atoms with Crippen LogP contribution < -0.4 is 5.32 Å². The highest BCUT2D eigenvalue weighted by Gasteiger charge is 2.23. The van der Waals surface area contributed by atoms with Crippen LogP contribution in [0.2, 0.25) is 0 Å². The van der Waals surface area contributed by atoms with E-state index >= 15 is 0 Å². The Morgan fingerprint density at radius 2 is 2.14 bits per heavy atom. The first-order chi connectivity index (χ1) is 10.4. The molecule has 0 radical (unpaired) electrons. The Morgan fingerprint density at radius 1 is 1.24 bits per heavy atom. The summed E-state index contributed by atoms with van der Waals surface area (Å²) in [5.41, 5.74) is 4.33. The molecule has 1 N–H and O–H groups in total. The van der Waals surface area contributed by atoms with E-state index in [1.54, 1.807) is 11.8 Å². The molecule has 0 saturated carbocycles. The summed E-state index contributed by atoms with van der Waals surface area (Å²) in [6, 6.07) is 11.4. The van der Waals surface area contributed by atoms with Gasteiger partial charge in [-0.25, -0.2) is 0 Å². The van der Waals surface area contributed by atoms with Gasteiger partial charge in [-0.1, -0.05) is 31.2 Å². The maximum atomic E-state index is 4.04. The third-order valence-corrected chi connectivity index (χ3v) is 4.47. The normalized spacial score (nSPS) is 19.0. The minimum Gasteiger partial charge on any atom is -0.310 e. The van der Waals surface area contributed by atoms with Crippen LogP contribution in [-0.2, 0) is 6.42 Å². The van der Waals surface area contributed by atoms with Crippen molar-refractivity contribution in [3.63, 3.8) is 0 Å². The van der Waals surface area contributed by atoms with Gasteiger partial charge in [-0.2, -0.15) is 10.2 Å². The summed E-state index contributed by atoms with van der Waals surface area (Å²) >= 11 is 0. The summed E-state index contributed by atoms with van der Waals surface area (Å²) in [5.74, 6) is 0.646. The first-order valence-corrected chi connectivity index (χ1v) is 7.96. The van der Waals surface area contributed by atoms with Crippen LogP contribution in [0.3, 0.4) is 0 Å². The highest BCUT2D eigenvalue weighted by atomic mass is 15.1. The van der Waals surface area contributed by atoms with Crippen LogP contribution in [0.5, 0.6) is 0 Å². The average Bonchev–Trinajstić information content (AvgIpc) is 2.55. The van der Waals surface area contributed by atoms with Gasteiger partial charge in [0.2, 0.25) is 0 Å². The van der Waals surface area contributed by atoms with E-state index in [9.17, 15) is 0 Å². The van der Waals surface area contributed by atoms with Gasteiger partial charge in [-0.05, 0) is 60.9 Å². The van der Waals surface area contributed by atoms with Crippen LogP contribution in [0, 0.1) is 0 Å². The molecule has 110 valence electrons. The lowest BCUT2D eigenvalue weighted by Gasteiger charge is -2.29. The van der Waals surface area contributed by atoms with Crippen LogP contribution in [0.1, 0.15) is 54.8 Å². The fraction of sp³-hybridized carbons (Fsp3) is 0.444. The fourth-order valence-corrected chi connectivity index (χ4v) is 3.47. The molecule has 1 aliphatic carbocycles. The molecule has 1 aromatic heterocycles. The Morgan fingerprint density at radius 3 is 2.95 bits per heavy atom. The van der Waals surface area contributed by atoms with Crippen molar-refractivity contribution < 1.29 is 0 Å². The van der Waals surface area contributed by atoms with Crippen molar-refractivity contribution >= 4 is 0 Å². The molecule has 3 nitrogen and oxygen atoms in total. The molecule has 0 bridgehead atoms. The zero-order valence-corrected chi connectivity index (χ0v) is 12.6. The second-order valence-electron chi connectivity index (χ2n) is 5.81. The van der Waals surface area contributed by atoms with Gasteiger partial charge in [0.05, 0.1) is 6.20 Å². The average molecular weight is 281 g/mol. The number of benzene rings is 1. The number of hydrogen-bond acceptors (Lipinski definition) is 3. The summed E-state index contributed by atoms with van der Waals surface area (Å²) in [6.07, 6.45) is 8.63. The molecule has 0 saturated heterocycles. The van der Waals surface area contributed by atoms with Crippen molar-refractivity contribution in [2.75, 3.05) is 6.54 Å². The number of fused-ring (bicyclic) bond motifs is 1. The minimum atomic E-state index is 0.363. The van der Waals surface area contributed by atoms with Gasteiger partial charge in [0.15, 0.2) is 0 Å². The summed E-state index contributed by atoms with van der Waals surface area (Å²) in [5, 5.41) is 11.5. The summed E-state index contributed by atoms with van der Waals surface area (Å²) in [7, 11) is 0. The summed E-state index contributed by atoms with van der Waals surface area (Å²) in [4.78, 5) is 0.